The van der Waals surface area contributed by atoms with Crippen molar-refractivity contribution in [2.45, 2.75) is 57.6 Å². The third-order valence-electron chi connectivity index (χ3n) is 8.33. The van der Waals surface area contributed by atoms with E-state index in [0.29, 0.717) is 30.9 Å². The van der Waals surface area contributed by atoms with E-state index in [1.54, 1.807) is 19.2 Å². The monoisotopic (exact) mass is 564 g/mol. The van der Waals surface area contributed by atoms with Gasteiger partial charge in [0.05, 0.1) is 12.0 Å². The highest BCUT2D eigenvalue weighted by Crippen LogP contribution is 2.50. The highest BCUT2D eigenvalue weighted by Gasteiger charge is 2.43. The number of hydrogen-bond acceptors (Lipinski definition) is 7. The Balaban J connectivity index is 1.37. The summed E-state index contributed by atoms with van der Waals surface area (Å²) in [7, 11) is 1.56. The average Bonchev–Trinajstić information content (AvgIpc) is 3.01. The van der Waals surface area contributed by atoms with Crippen molar-refractivity contribution in [3.8, 4) is 11.5 Å². The molecule has 3 aromatic carbocycles. The number of carbonyl (C=O) groups excluding carboxylic acids is 2. The first-order valence-corrected chi connectivity index (χ1v) is 14.3. The highest BCUT2D eigenvalue weighted by molar-refractivity contribution is 6.06. The van der Waals surface area contributed by atoms with E-state index in [-0.39, 0.29) is 23.9 Å². The van der Waals surface area contributed by atoms with Gasteiger partial charge in [0.25, 0.3) is 5.69 Å². The molecule has 214 valence electrons. The van der Waals surface area contributed by atoms with Crippen LogP contribution in [0.15, 0.2) is 95.3 Å². The molecule has 1 heterocycles. The minimum absolute atomic E-state index is 0.0207. The Labute approximate surface area is 244 Å². The van der Waals surface area contributed by atoms with Crippen molar-refractivity contribution in [3.63, 3.8) is 0 Å². The quantitative estimate of drug-likeness (QED) is 0.219. The first-order valence-electron chi connectivity index (χ1n) is 14.3. The van der Waals surface area contributed by atoms with E-state index in [1.165, 1.54) is 12.1 Å². The Morgan fingerprint density at radius 1 is 0.810 bits per heavy atom. The zero-order valence-electron chi connectivity index (χ0n) is 23.5. The summed E-state index contributed by atoms with van der Waals surface area (Å²) in [6.45, 7) is 0.831. The Hall–Kier alpha value is -4.72. The van der Waals surface area contributed by atoms with E-state index in [0.717, 1.165) is 64.9 Å². The maximum absolute atomic E-state index is 13.6. The zero-order chi connectivity index (χ0) is 29.2. The predicted molar refractivity (Wildman–Crippen MR) is 157 cm³/mol. The molecular formula is C34H32N2O6. The van der Waals surface area contributed by atoms with Crippen LogP contribution in [0.1, 0.15) is 61.1 Å². The van der Waals surface area contributed by atoms with Crippen LogP contribution in [0.4, 0.5) is 5.69 Å². The number of ether oxygens (including phenoxy) is 2. The summed E-state index contributed by atoms with van der Waals surface area (Å²) in [5, 5.41) is 11.0. The lowest BCUT2D eigenvalue weighted by Gasteiger charge is -2.44. The van der Waals surface area contributed by atoms with Crippen molar-refractivity contribution in [3.05, 3.63) is 122 Å². The number of Topliss-reactive ketones (excluding diaryl/α,β-unsaturated/α-hetero) is 2. The van der Waals surface area contributed by atoms with Crippen molar-refractivity contribution >= 4 is 17.3 Å². The van der Waals surface area contributed by atoms with E-state index in [2.05, 4.69) is 17.0 Å². The summed E-state index contributed by atoms with van der Waals surface area (Å²) >= 11 is 0. The third kappa shape index (κ3) is 5.20. The van der Waals surface area contributed by atoms with Gasteiger partial charge in [-0.25, -0.2) is 0 Å². The molecule has 6 rings (SSSR count). The summed E-state index contributed by atoms with van der Waals surface area (Å²) in [6, 6.07) is 22.0. The lowest BCUT2D eigenvalue weighted by molar-refractivity contribution is -0.384. The second-order valence-corrected chi connectivity index (χ2v) is 10.9. The van der Waals surface area contributed by atoms with Crippen molar-refractivity contribution in [1.82, 2.24) is 4.90 Å². The second-order valence-electron chi connectivity index (χ2n) is 10.9. The number of methoxy groups -OCH3 is 1. The molecule has 0 radical (unpaired) electrons. The summed E-state index contributed by atoms with van der Waals surface area (Å²) in [6.07, 6.45) is 4.12. The number of non-ortho nitro benzene ring substituents is 1. The van der Waals surface area contributed by atoms with Crippen molar-refractivity contribution < 1.29 is 24.0 Å². The number of nitrogens with zero attached hydrogens (tertiary/aromatic N) is 2. The number of ketones is 2. The first kappa shape index (κ1) is 27.4. The van der Waals surface area contributed by atoms with E-state index in [9.17, 15) is 19.7 Å². The van der Waals surface area contributed by atoms with Gasteiger partial charge in [-0.2, -0.15) is 0 Å². The minimum atomic E-state index is -0.444. The van der Waals surface area contributed by atoms with Crippen molar-refractivity contribution in [1.29, 1.82) is 0 Å². The molecule has 0 saturated heterocycles. The molecule has 0 amide bonds. The molecule has 0 unspecified atom stereocenters. The van der Waals surface area contributed by atoms with E-state index >= 15 is 0 Å². The highest BCUT2D eigenvalue weighted by atomic mass is 16.6. The van der Waals surface area contributed by atoms with Crippen LogP contribution in [-0.4, -0.2) is 28.5 Å². The number of carbonyl (C=O) groups is 2. The molecule has 0 aromatic heterocycles. The average molecular weight is 565 g/mol. The summed E-state index contributed by atoms with van der Waals surface area (Å²) in [5.74, 6) is 0.759. The van der Waals surface area contributed by atoms with Crippen LogP contribution < -0.4 is 9.47 Å². The lowest BCUT2D eigenvalue weighted by atomic mass is 9.71. The normalized spacial score (nSPS) is 17.2. The number of benzene rings is 3. The maximum atomic E-state index is 13.6. The molecule has 0 saturated carbocycles. The molecule has 3 aromatic rings. The number of hydrogen-bond donors (Lipinski definition) is 0. The molecule has 2 aliphatic carbocycles. The van der Waals surface area contributed by atoms with Crippen LogP contribution in [0.3, 0.4) is 0 Å². The van der Waals surface area contributed by atoms with Gasteiger partial charge < -0.3 is 14.4 Å². The number of rotatable bonds is 8. The zero-order valence-corrected chi connectivity index (χ0v) is 23.5. The minimum Gasteiger partial charge on any atom is -0.493 e. The maximum Gasteiger partial charge on any atom is 0.269 e. The van der Waals surface area contributed by atoms with Gasteiger partial charge in [0.1, 0.15) is 6.61 Å². The van der Waals surface area contributed by atoms with Gasteiger partial charge in [0.15, 0.2) is 23.1 Å². The standard InChI is InChI=1S/C34H32N2O6/c1-41-31-19-24(15-18-30(31)42-21-23-13-16-25(17-14-23)36(39)40)32-33-26(9-5-11-28(33)37)35(20-22-7-3-2-4-8-22)27-10-6-12-29(38)34(27)32/h2-4,7-8,13-19,32H,5-6,9-12,20-21H2,1H3. The fourth-order valence-corrected chi connectivity index (χ4v) is 6.36. The Bertz CT molecular complexity index is 1560. The fraction of sp³-hybridized carbons (Fsp3) is 0.294. The van der Waals surface area contributed by atoms with Crippen LogP contribution in [0, 0.1) is 10.1 Å². The first-order chi connectivity index (χ1) is 20.4. The Kier molecular flexibility index (Phi) is 7.61. The van der Waals surface area contributed by atoms with Crippen molar-refractivity contribution in [2.75, 3.05) is 7.11 Å². The molecule has 0 atom stereocenters. The molecule has 3 aliphatic rings. The molecule has 0 spiro atoms. The molecule has 1 aliphatic heterocycles. The molecule has 42 heavy (non-hydrogen) atoms. The van der Waals surface area contributed by atoms with Gasteiger partial charge in [-0.1, -0.05) is 36.4 Å². The van der Waals surface area contributed by atoms with Gasteiger partial charge in [-0.05, 0) is 66.6 Å². The Morgan fingerprint density at radius 2 is 1.45 bits per heavy atom. The van der Waals surface area contributed by atoms with E-state index < -0.39 is 10.8 Å². The van der Waals surface area contributed by atoms with Gasteiger partial charge in [0, 0.05) is 60.0 Å². The lowest BCUT2D eigenvalue weighted by Crippen LogP contribution is -2.38. The molecule has 8 nitrogen and oxygen atoms in total. The topological polar surface area (TPSA) is 99.0 Å². The van der Waals surface area contributed by atoms with Gasteiger partial charge in [0.2, 0.25) is 0 Å². The Morgan fingerprint density at radius 3 is 2.05 bits per heavy atom. The summed E-state index contributed by atoms with van der Waals surface area (Å²) in [4.78, 5) is 40.0. The van der Waals surface area contributed by atoms with Gasteiger partial charge >= 0.3 is 0 Å². The number of nitro groups is 1. The van der Waals surface area contributed by atoms with Crippen LogP contribution >= 0.6 is 0 Å². The van der Waals surface area contributed by atoms with Crippen LogP contribution in [-0.2, 0) is 22.7 Å². The molecule has 0 bridgehead atoms. The molecular weight excluding hydrogens is 532 g/mol. The fourth-order valence-electron chi connectivity index (χ4n) is 6.36. The summed E-state index contributed by atoms with van der Waals surface area (Å²) < 4.78 is 11.7. The molecule has 0 fully saturated rings. The number of allylic oxidation sites excluding steroid dienone is 4. The second kappa shape index (κ2) is 11.6. The van der Waals surface area contributed by atoms with Crippen LogP contribution in [0.2, 0.25) is 0 Å². The smallest absolute Gasteiger partial charge is 0.269 e. The van der Waals surface area contributed by atoms with Crippen LogP contribution in [0.5, 0.6) is 11.5 Å². The predicted octanol–water partition coefficient (Wildman–Crippen LogP) is 6.80. The third-order valence-corrected chi connectivity index (χ3v) is 8.33. The molecule has 8 heteroatoms. The summed E-state index contributed by atoms with van der Waals surface area (Å²) in [5.41, 5.74) is 6.30. The van der Waals surface area contributed by atoms with Crippen molar-refractivity contribution in [2.24, 2.45) is 0 Å². The van der Waals surface area contributed by atoms with E-state index in [4.69, 9.17) is 9.47 Å². The largest absolute Gasteiger partial charge is 0.493 e. The van der Waals surface area contributed by atoms with Gasteiger partial charge in [-0.3, -0.25) is 19.7 Å². The number of nitro benzene ring substituents is 1. The molecule has 0 N–H and O–H groups in total. The van der Waals surface area contributed by atoms with E-state index in [1.807, 2.05) is 36.4 Å². The van der Waals surface area contributed by atoms with Gasteiger partial charge in [-0.15, -0.1) is 0 Å². The van der Waals surface area contributed by atoms with Crippen LogP contribution in [0.25, 0.3) is 0 Å². The SMILES string of the molecule is COc1cc(C2C3=C(CCCC3=O)N(Cc3ccccc3)C3=C2C(=O)CCC3)ccc1OCc1ccc([N+](=O)[O-])cc1.